The SMILES string of the molecule is Cc1cc(N(C)C(=O)OC(C)(C)C)cc(C)c1/C=C/S(=O)(=O)N1CCC2(CC1)OCCO2. The molecule has 0 unspecified atom stereocenters. The van der Waals surface area contributed by atoms with Crippen molar-refractivity contribution in [3.8, 4) is 0 Å². The van der Waals surface area contributed by atoms with Crippen molar-refractivity contribution in [1.29, 1.82) is 0 Å². The number of carbonyl (C=O) groups excluding carboxylic acids is 1. The number of hydrogen-bond acceptors (Lipinski definition) is 6. The highest BCUT2D eigenvalue weighted by Gasteiger charge is 2.41. The summed E-state index contributed by atoms with van der Waals surface area (Å²) in [6.45, 7) is 11.1. The van der Waals surface area contributed by atoms with Crippen molar-refractivity contribution >= 4 is 27.9 Å². The highest BCUT2D eigenvalue weighted by molar-refractivity contribution is 7.92. The Morgan fingerprint density at radius 2 is 1.66 bits per heavy atom. The molecule has 3 rings (SSSR count). The fraction of sp³-hybridized carbons (Fsp3) is 0.609. The Kier molecular flexibility index (Phi) is 7.05. The van der Waals surface area contributed by atoms with Gasteiger partial charge in [-0.1, -0.05) is 0 Å². The monoisotopic (exact) mass is 466 g/mol. The van der Waals surface area contributed by atoms with Crippen molar-refractivity contribution < 1.29 is 27.4 Å². The number of carbonyl (C=O) groups is 1. The van der Waals surface area contributed by atoms with Gasteiger partial charge in [0.15, 0.2) is 5.79 Å². The summed E-state index contributed by atoms with van der Waals surface area (Å²) in [6.07, 6.45) is 2.25. The summed E-state index contributed by atoms with van der Waals surface area (Å²) >= 11 is 0. The summed E-state index contributed by atoms with van der Waals surface area (Å²) in [6, 6.07) is 3.70. The van der Waals surface area contributed by atoms with Crippen molar-refractivity contribution in [3.05, 3.63) is 34.2 Å². The summed E-state index contributed by atoms with van der Waals surface area (Å²) in [5, 5.41) is 1.26. The topological polar surface area (TPSA) is 85.4 Å². The van der Waals surface area contributed by atoms with Gasteiger partial charge in [0.05, 0.1) is 13.2 Å². The van der Waals surface area contributed by atoms with E-state index in [1.807, 2.05) is 46.8 Å². The molecule has 178 valence electrons. The van der Waals surface area contributed by atoms with Crippen LogP contribution in [0.1, 0.15) is 50.3 Å². The lowest BCUT2D eigenvalue weighted by molar-refractivity contribution is -0.179. The number of anilines is 1. The molecule has 2 saturated heterocycles. The van der Waals surface area contributed by atoms with E-state index in [1.54, 1.807) is 13.1 Å². The normalized spacial score (nSPS) is 19.6. The van der Waals surface area contributed by atoms with Crippen LogP contribution in [-0.4, -0.2) is 63.6 Å². The minimum atomic E-state index is -3.56. The highest BCUT2D eigenvalue weighted by Crippen LogP contribution is 2.32. The molecule has 9 heteroatoms. The van der Waals surface area contributed by atoms with Crippen molar-refractivity contribution in [1.82, 2.24) is 4.31 Å². The van der Waals surface area contributed by atoms with Gasteiger partial charge < -0.3 is 14.2 Å². The van der Waals surface area contributed by atoms with E-state index in [-0.39, 0.29) is 0 Å². The molecule has 1 amide bonds. The molecule has 2 aliphatic heterocycles. The Balaban J connectivity index is 1.72. The Morgan fingerprint density at radius 3 is 2.16 bits per heavy atom. The zero-order valence-corrected chi connectivity index (χ0v) is 20.6. The van der Waals surface area contributed by atoms with Gasteiger partial charge in [0.25, 0.3) is 0 Å². The predicted octanol–water partition coefficient (Wildman–Crippen LogP) is 3.81. The molecule has 32 heavy (non-hydrogen) atoms. The number of sulfonamides is 1. The second-order valence-corrected chi connectivity index (χ2v) is 11.2. The third-order valence-electron chi connectivity index (χ3n) is 5.70. The van der Waals surface area contributed by atoms with E-state index < -0.39 is 27.5 Å². The number of piperidine rings is 1. The lowest BCUT2D eigenvalue weighted by Gasteiger charge is -2.36. The van der Waals surface area contributed by atoms with E-state index in [2.05, 4.69) is 0 Å². The molecule has 0 N–H and O–H groups in total. The first-order valence-electron chi connectivity index (χ1n) is 10.9. The molecule has 2 heterocycles. The van der Waals surface area contributed by atoms with Crippen LogP contribution in [0, 0.1) is 13.8 Å². The number of hydrogen-bond donors (Lipinski definition) is 0. The first-order chi connectivity index (χ1) is 14.8. The molecule has 0 radical (unpaired) electrons. The molecule has 1 spiro atoms. The maximum Gasteiger partial charge on any atom is 0.414 e. The molecular formula is C23H34N2O6S. The second-order valence-electron chi connectivity index (χ2n) is 9.39. The van der Waals surface area contributed by atoms with Crippen molar-refractivity contribution in [2.45, 2.75) is 58.8 Å². The minimum absolute atomic E-state index is 0.365. The molecule has 0 saturated carbocycles. The smallest absolute Gasteiger partial charge is 0.414 e. The molecule has 2 fully saturated rings. The molecule has 0 bridgehead atoms. The number of amides is 1. The lowest BCUT2D eigenvalue weighted by atomic mass is 10.0. The fourth-order valence-electron chi connectivity index (χ4n) is 3.95. The number of nitrogens with zero attached hydrogens (tertiary/aromatic N) is 2. The maximum atomic E-state index is 12.9. The van der Waals surface area contributed by atoms with Crippen molar-refractivity contribution in [2.24, 2.45) is 0 Å². The van der Waals surface area contributed by atoms with Gasteiger partial charge in [-0.15, -0.1) is 0 Å². The summed E-state index contributed by atoms with van der Waals surface area (Å²) in [5.41, 5.74) is 2.65. The quantitative estimate of drug-likeness (QED) is 0.671. The number of rotatable bonds is 4. The van der Waals surface area contributed by atoms with Crippen LogP contribution in [0.4, 0.5) is 10.5 Å². The summed E-state index contributed by atoms with van der Waals surface area (Å²) in [5.74, 6) is -0.612. The summed E-state index contributed by atoms with van der Waals surface area (Å²) in [4.78, 5) is 13.8. The minimum Gasteiger partial charge on any atom is -0.443 e. The number of aryl methyl sites for hydroxylation is 2. The summed E-state index contributed by atoms with van der Waals surface area (Å²) in [7, 11) is -1.91. The standard InChI is InChI=1S/C23H34N2O6S/c1-17-15-19(24(6)21(26)31-22(3,4)5)16-18(2)20(17)7-14-32(27,28)25-10-8-23(9-11-25)29-12-13-30-23/h7,14-16H,8-13H2,1-6H3/b14-7+. The average molecular weight is 467 g/mol. The van der Waals surface area contributed by atoms with Gasteiger partial charge in [0.1, 0.15) is 5.60 Å². The van der Waals surface area contributed by atoms with Gasteiger partial charge >= 0.3 is 6.09 Å². The molecule has 1 aromatic rings. The summed E-state index contributed by atoms with van der Waals surface area (Å²) < 4.78 is 44.0. The zero-order chi connectivity index (χ0) is 23.7. The van der Waals surface area contributed by atoms with Gasteiger partial charge in [-0.05, 0) is 69.5 Å². The highest BCUT2D eigenvalue weighted by atomic mass is 32.2. The van der Waals surface area contributed by atoms with Crippen LogP contribution in [0.5, 0.6) is 0 Å². The Hall–Kier alpha value is -1.94. The van der Waals surface area contributed by atoms with Gasteiger partial charge in [-0.25, -0.2) is 13.2 Å². The van der Waals surface area contributed by atoms with E-state index in [0.29, 0.717) is 44.8 Å². The maximum absolute atomic E-state index is 12.9. The second kappa shape index (κ2) is 9.13. The van der Waals surface area contributed by atoms with Gasteiger partial charge in [0, 0.05) is 44.1 Å². The largest absolute Gasteiger partial charge is 0.443 e. The molecule has 0 atom stereocenters. The molecule has 0 aliphatic carbocycles. The third-order valence-corrected chi connectivity index (χ3v) is 7.26. The van der Waals surface area contributed by atoms with Crippen LogP contribution >= 0.6 is 0 Å². The van der Waals surface area contributed by atoms with E-state index in [1.165, 1.54) is 14.6 Å². The van der Waals surface area contributed by atoms with Crippen LogP contribution in [0.15, 0.2) is 17.5 Å². The van der Waals surface area contributed by atoms with Crippen LogP contribution in [0.25, 0.3) is 6.08 Å². The molecule has 8 nitrogen and oxygen atoms in total. The van der Waals surface area contributed by atoms with Crippen molar-refractivity contribution in [2.75, 3.05) is 38.3 Å². The molecule has 1 aromatic carbocycles. The van der Waals surface area contributed by atoms with Gasteiger partial charge in [0.2, 0.25) is 10.0 Å². The Labute approximate surface area is 191 Å². The van der Waals surface area contributed by atoms with Crippen molar-refractivity contribution in [3.63, 3.8) is 0 Å². The van der Waals surface area contributed by atoms with Gasteiger partial charge in [-0.2, -0.15) is 4.31 Å². The van der Waals surface area contributed by atoms with Crippen LogP contribution in [0.3, 0.4) is 0 Å². The Morgan fingerprint density at radius 1 is 1.12 bits per heavy atom. The lowest BCUT2D eigenvalue weighted by Crippen LogP contribution is -2.46. The molecule has 0 aromatic heterocycles. The predicted molar refractivity (Wildman–Crippen MR) is 124 cm³/mol. The van der Waals surface area contributed by atoms with Gasteiger partial charge in [-0.3, -0.25) is 4.90 Å². The van der Waals surface area contributed by atoms with E-state index in [4.69, 9.17) is 14.2 Å². The molecular weight excluding hydrogens is 432 g/mol. The fourth-order valence-corrected chi connectivity index (χ4v) is 5.12. The Bertz CT molecular complexity index is 957. The van der Waals surface area contributed by atoms with Crippen LogP contribution in [0.2, 0.25) is 0 Å². The van der Waals surface area contributed by atoms with E-state index >= 15 is 0 Å². The first kappa shape index (κ1) is 24.7. The zero-order valence-electron chi connectivity index (χ0n) is 19.8. The average Bonchev–Trinajstić information content (AvgIpc) is 3.13. The first-order valence-corrected chi connectivity index (χ1v) is 12.4. The third kappa shape index (κ3) is 5.70. The van der Waals surface area contributed by atoms with E-state index in [0.717, 1.165) is 16.7 Å². The molecule has 2 aliphatic rings. The van der Waals surface area contributed by atoms with Crippen LogP contribution in [-0.2, 0) is 24.2 Å². The van der Waals surface area contributed by atoms with E-state index in [9.17, 15) is 13.2 Å². The van der Waals surface area contributed by atoms with Crippen LogP contribution < -0.4 is 4.90 Å². The number of benzene rings is 1. The number of ether oxygens (including phenoxy) is 3.